The summed E-state index contributed by atoms with van der Waals surface area (Å²) in [6.45, 7) is 0. The van der Waals surface area contributed by atoms with Crippen molar-refractivity contribution in [1.82, 2.24) is 0 Å². The molecular weight excluding hydrogens is 215 g/mol. The average molecular weight is 226 g/mol. The molecule has 0 bridgehead atoms. The van der Waals surface area contributed by atoms with Gasteiger partial charge in [0.05, 0.1) is 0 Å². The molecule has 0 saturated heterocycles. The van der Waals surface area contributed by atoms with E-state index in [0.717, 1.165) is 0 Å². The molecule has 0 spiro atoms. The van der Waals surface area contributed by atoms with Gasteiger partial charge < -0.3 is 5.73 Å². The maximum atomic E-state index is 11.8. The van der Waals surface area contributed by atoms with Gasteiger partial charge in [-0.1, -0.05) is 12.1 Å². The van der Waals surface area contributed by atoms with E-state index in [1.165, 1.54) is 0 Å². The molecule has 14 heavy (non-hydrogen) atoms. The van der Waals surface area contributed by atoms with Gasteiger partial charge in [-0.05, 0) is 24.1 Å². The molecule has 0 aliphatic rings. The zero-order valence-corrected chi connectivity index (χ0v) is 8.16. The summed E-state index contributed by atoms with van der Waals surface area (Å²) in [7, 11) is 0. The lowest BCUT2D eigenvalue weighted by atomic mass is 10.1. The van der Waals surface area contributed by atoms with E-state index in [-0.39, 0.29) is 18.8 Å². The third-order valence-electron chi connectivity index (χ3n) is 1.68. The Kier molecular flexibility index (Phi) is 4.77. The second kappa shape index (κ2) is 5.10. The van der Waals surface area contributed by atoms with Crippen molar-refractivity contribution in [3.63, 3.8) is 0 Å². The number of anilines is 1. The Balaban J connectivity index is 0.00000169. The van der Waals surface area contributed by atoms with Crippen molar-refractivity contribution in [2.24, 2.45) is 0 Å². The Labute approximate surface area is 86.5 Å². The van der Waals surface area contributed by atoms with Crippen LogP contribution in [0.3, 0.4) is 0 Å². The van der Waals surface area contributed by atoms with E-state index in [1.54, 1.807) is 24.3 Å². The number of rotatable bonds is 2. The molecule has 0 saturated carbocycles. The minimum Gasteiger partial charge on any atom is -0.399 e. The summed E-state index contributed by atoms with van der Waals surface area (Å²) in [6.07, 6.45) is -4.85. The fraction of sp³-hybridized carbons (Fsp3) is 0.333. The molecule has 1 nitrogen and oxygen atoms in total. The lowest BCUT2D eigenvalue weighted by Gasteiger charge is -2.05. The molecule has 5 heteroatoms. The van der Waals surface area contributed by atoms with Crippen molar-refractivity contribution < 1.29 is 13.2 Å². The second-order valence-electron chi connectivity index (χ2n) is 2.86. The Morgan fingerprint density at radius 1 is 1.07 bits per heavy atom. The van der Waals surface area contributed by atoms with Crippen molar-refractivity contribution in [2.75, 3.05) is 5.73 Å². The number of hydrogen-bond acceptors (Lipinski definition) is 1. The van der Waals surface area contributed by atoms with Crippen molar-refractivity contribution in [3.05, 3.63) is 29.8 Å². The highest BCUT2D eigenvalue weighted by atomic mass is 35.5. The average Bonchev–Trinajstić information content (AvgIpc) is 2.02. The van der Waals surface area contributed by atoms with Gasteiger partial charge in [-0.15, -0.1) is 12.4 Å². The van der Waals surface area contributed by atoms with Gasteiger partial charge in [-0.3, -0.25) is 0 Å². The van der Waals surface area contributed by atoms with Crippen LogP contribution in [-0.4, -0.2) is 6.18 Å². The summed E-state index contributed by atoms with van der Waals surface area (Å²) in [5, 5.41) is 0. The maximum absolute atomic E-state index is 11.8. The fourth-order valence-electron chi connectivity index (χ4n) is 0.970. The monoisotopic (exact) mass is 225 g/mol. The molecule has 0 aromatic heterocycles. The normalized spacial score (nSPS) is 10.8. The number of nitrogen functional groups attached to an aromatic ring is 1. The molecule has 1 rings (SSSR count). The summed E-state index contributed by atoms with van der Waals surface area (Å²) in [5.41, 5.74) is 6.61. The Morgan fingerprint density at radius 2 is 1.57 bits per heavy atom. The number of hydrogen-bond donors (Lipinski definition) is 1. The number of nitrogens with two attached hydrogens (primary N) is 1. The predicted octanol–water partition coefficient (Wildman–Crippen LogP) is 3.19. The van der Waals surface area contributed by atoms with Gasteiger partial charge in [-0.2, -0.15) is 13.2 Å². The van der Waals surface area contributed by atoms with Gasteiger partial charge in [0, 0.05) is 12.1 Å². The summed E-state index contributed by atoms with van der Waals surface area (Å²) >= 11 is 0. The van der Waals surface area contributed by atoms with E-state index < -0.39 is 12.6 Å². The first kappa shape index (κ1) is 13.1. The molecule has 1 aromatic carbocycles. The van der Waals surface area contributed by atoms with Crippen LogP contribution in [0.15, 0.2) is 24.3 Å². The van der Waals surface area contributed by atoms with Crippen LogP contribution in [0.4, 0.5) is 18.9 Å². The van der Waals surface area contributed by atoms with Crippen LogP contribution in [0, 0.1) is 0 Å². The van der Waals surface area contributed by atoms with E-state index in [1.807, 2.05) is 0 Å². The minimum atomic E-state index is -4.08. The van der Waals surface area contributed by atoms with E-state index in [0.29, 0.717) is 11.3 Å². The Bertz CT molecular complexity index is 268. The number of halogens is 4. The molecule has 0 heterocycles. The van der Waals surface area contributed by atoms with Crippen LogP contribution in [0.1, 0.15) is 12.0 Å². The molecule has 1 aromatic rings. The van der Waals surface area contributed by atoms with Crippen LogP contribution < -0.4 is 5.73 Å². The summed E-state index contributed by atoms with van der Waals surface area (Å²) in [4.78, 5) is 0. The van der Waals surface area contributed by atoms with Crippen LogP contribution in [0.2, 0.25) is 0 Å². The molecule has 0 aliphatic heterocycles. The Hall–Kier alpha value is -0.900. The Morgan fingerprint density at radius 3 is 2.00 bits per heavy atom. The van der Waals surface area contributed by atoms with Crippen molar-refractivity contribution in [1.29, 1.82) is 0 Å². The van der Waals surface area contributed by atoms with Gasteiger partial charge in [0.1, 0.15) is 0 Å². The fourth-order valence-corrected chi connectivity index (χ4v) is 0.970. The first-order valence-electron chi connectivity index (χ1n) is 3.88. The first-order chi connectivity index (χ1) is 5.97. The lowest BCUT2D eigenvalue weighted by Crippen LogP contribution is -2.08. The van der Waals surface area contributed by atoms with E-state index >= 15 is 0 Å². The number of aryl methyl sites for hydroxylation is 1. The molecule has 2 N–H and O–H groups in total. The zero-order valence-electron chi connectivity index (χ0n) is 7.34. The molecule has 80 valence electrons. The zero-order chi connectivity index (χ0) is 9.90. The van der Waals surface area contributed by atoms with Crippen molar-refractivity contribution >= 4 is 18.1 Å². The van der Waals surface area contributed by atoms with Crippen LogP contribution >= 0.6 is 12.4 Å². The van der Waals surface area contributed by atoms with Gasteiger partial charge in [0.25, 0.3) is 0 Å². The topological polar surface area (TPSA) is 26.0 Å². The highest BCUT2D eigenvalue weighted by Gasteiger charge is 2.26. The molecule has 0 atom stereocenters. The van der Waals surface area contributed by atoms with Crippen LogP contribution in [0.25, 0.3) is 0 Å². The lowest BCUT2D eigenvalue weighted by molar-refractivity contribution is -0.133. The summed E-state index contributed by atoms with van der Waals surface area (Å²) in [6, 6.07) is 6.43. The van der Waals surface area contributed by atoms with Gasteiger partial charge in [0.15, 0.2) is 0 Å². The second-order valence-corrected chi connectivity index (χ2v) is 2.86. The van der Waals surface area contributed by atoms with Gasteiger partial charge in [-0.25, -0.2) is 0 Å². The van der Waals surface area contributed by atoms with Crippen molar-refractivity contribution in [3.8, 4) is 0 Å². The molecule has 0 fully saturated rings. The number of benzene rings is 1. The van der Waals surface area contributed by atoms with E-state index in [2.05, 4.69) is 0 Å². The van der Waals surface area contributed by atoms with Gasteiger partial charge in [0.2, 0.25) is 0 Å². The molecule has 0 amide bonds. The third-order valence-corrected chi connectivity index (χ3v) is 1.68. The van der Waals surface area contributed by atoms with E-state index in [4.69, 9.17) is 5.73 Å². The molecule has 0 radical (unpaired) electrons. The SMILES string of the molecule is Cl.Nc1ccc(CCC(F)(F)F)cc1. The smallest absolute Gasteiger partial charge is 0.389 e. The number of alkyl halides is 3. The largest absolute Gasteiger partial charge is 0.399 e. The maximum Gasteiger partial charge on any atom is 0.389 e. The van der Waals surface area contributed by atoms with Crippen LogP contribution in [-0.2, 0) is 6.42 Å². The van der Waals surface area contributed by atoms with Crippen LogP contribution in [0.5, 0.6) is 0 Å². The summed E-state index contributed by atoms with van der Waals surface area (Å²) in [5.74, 6) is 0. The highest BCUT2D eigenvalue weighted by molar-refractivity contribution is 5.85. The van der Waals surface area contributed by atoms with E-state index in [9.17, 15) is 13.2 Å². The highest BCUT2D eigenvalue weighted by Crippen LogP contribution is 2.22. The quantitative estimate of drug-likeness (QED) is 0.769. The summed E-state index contributed by atoms with van der Waals surface area (Å²) < 4.78 is 35.4. The molecule has 0 aliphatic carbocycles. The first-order valence-corrected chi connectivity index (χ1v) is 3.88. The van der Waals surface area contributed by atoms with Gasteiger partial charge >= 0.3 is 6.18 Å². The standard InChI is InChI=1S/C9H10F3N.ClH/c10-9(11,12)6-5-7-1-3-8(13)4-2-7;/h1-4H,5-6,13H2;1H. The van der Waals surface area contributed by atoms with Crippen molar-refractivity contribution in [2.45, 2.75) is 19.0 Å². The minimum absolute atomic E-state index is 0. The molecule has 0 unspecified atom stereocenters. The molecular formula is C9H11ClF3N. The predicted molar refractivity (Wildman–Crippen MR) is 52.5 cm³/mol. The third kappa shape index (κ3) is 4.97.